The fourth-order valence-electron chi connectivity index (χ4n) is 1.39. The third kappa shape index (κ3) is 4.01. The van der Waals surface area contributed by atoms with Crippen LogP contribution in [0.5, 0.6) is 0 Å². The fraction of sp³-hybridized carbons (Fsp3) is 0.750. The molecule has 0 spiro atoms. The first-order valence-electron chi connectivity index (χ1n) is 6.26. The van der Waals surface area contributed by atoms with Gasteiger partial charge in [0.2, 0.25) is 17.8 Å². The molecule has 0 saturated heterocycles. The Balaban J connectivity index is 2.89. The second-order valence-corrected chi connectivity index (χ2v) is 5.01. The maximum Gasteiger partial charge on any atom is 0.231 e. The first-order chi connectivity index (χ1) is 8.43. The molecular formula is C12H24N6. The highest BCUT2D eigenvalue weighted by atomic mass is 15.3. The van der Waals surface area contributed by atoms with Crippen molar-refractivity contribution in [3.63, 3.8) is 0 Å². The number of nitrogens with one attached hydrogen (secondary N) is 1. The summed E-state index contributed by atoms with van der Waals surface area (Å²) in [6, 6.07) is 0. The number of nitrogens with zero attached hydrogens (tertiary/aromatic N) is 5. The van der Waals surface area contributed by atoms with Crippen LogP contribution >= 0.6 is 0 Å². The molecule has 18 heavy (non-hydrogen) atoms. The molecule has 1 aromatic rings. The van der Waals surface area contributed by atoms with Gasteiger partial charge >= 0.3 is 0 Å². The molecule has 0 aromatic carbocycles. The zero-order valence-electron chi connectivity index (χ0n) is 12.2. The summed E-state index contributed by atoms with van der Waals surface area (Å²) in [4.78, 5) is 17.1. The Morgan fingerprint density at radius 3 is 2.17 bits per heavy atom. The molecule has 1 aromatic heterocycles. The van der Waals surface area contributed by atoms with Crippen LogP contribution in [0.4, 0.5) is 17.8 Å². The highest BCUT2D eigenvalue weighted by Gasteiger charge is 2.11. The predicted octanol–water partition coefficient (Wildman–Crippen LogP) is 1.46. The average molecular weight is 252 g/mol. The smallest absolute Gasteiger partial charge is 0.231 e. The van der Waals surface area contributed by atoms with Crippen molar-refractivity contribution in [1.29, 1.82) is 0 Å². The van der Waals surface area contributed by atoms with E-state index in [9.17, 15) is 0 Å². The van der Waals surface area contributed by atoms with Crippen LogP contribution in [0.1, 0.15) is 20.3 Å². The number of anilines is 3. The molecule has 0 aliphatic rings. The summed E-state index contributed by atoms with van der Waals surface area (Å²) in [7, 11) is 7.67. The van der Waals surface area contributed by atoms with Gasteiger partial charge in [-0.15, -0.1) is 0 Å². The first kappa shape index (κ1) is 14.5. The Morgan fingerprint density at radius 1 is 1.06 bits per heavy atom. The molecule has 0 bridgehead atoms. The van der Waals surface area contributed by atoms with E-state index >= 15 is 0 Å². The Morgan fingerprint density at radius 2 is 1.67 bits per heavy atom. The highest BCUT2D eigenvalue weighted by Crippen LogP contribution is 2.14. The van der Waals surface area contributed by atoms with Gasteiger partial charge in [-0.2, -0.15) is 15.0 Å². The van der Waals surface area contributed by atoms with Gasteiger partial charge < -0.3 is 15.1 Å². The van der Waals surface area contributed by atoms with Crippen LogP contribution in [0.2, 0.25) is 0 Å². The number of hydrogen-bond acceptors (Lipinski definition) is 6. The van der Waals surface area contributed by atoms with Crippen LogP contribution in [-0.2, 0) is 0 Å². The van der Waals surface area contributed by atoms with Crippen LogP contribution < -0.4 is 15.1 Å². The van der Waals surface area contributed by atoms with Gasteiger partial charge in [0.25, 0.3) is 0 Å². The van der Waals surface area contributed by atoms with Crippen molar-refractivity contribution in [2.24, 2.45) is 5.92 Å². The minimum absolute atomic E-state index is 0.597. The molecular weight excluding hydrogens is 228 g/mol. The van der Waals surface area contributed by atoms with Crippen LogP contribution in [0, 0.1) is 5.92 Å². The molecule has 0 amide bonds. The van der Waals surface area contributed by atoms with E-state index in [1.165, 1.54) is 0 Å². The van der Waals surface area contributed by atoms with Crippen LogP contribution in [0.25, 0.3) is 0 Å². The summed E-state index contributed by atoms with van der Waals surface area (Å²) in [5, 5.41) is 2.97. The molecule has 0 unspecified atom stereocenters. The monoisotopic (exact) mass is 252 g/mol. The van der Waals surface area contributed by atoms with Gasteiger partial charge in [0.1, 0.15) is 0 Å². The van der Waals surface area contributed by atoms with Crippen molar-refractivity contribution in [2.75, 3.05) is 49.9 Å². The van der Waals surface area contributed by atoms with Crippen molar-refractivity contribution < 1.29 is 0 Å². The lowest BCUT2D eigenvalue weighted by Gasteiger charge is -2.20. The van der Waals surface area contributed by atoms with Crippen molar-refractivity contribution in [1.82, 2.24) is 15.0 Å². The molecule has 0 aliphatic heterocycles. The number of aromatic nitrogens is 3. The standard InChI is InChI=1S/C12H24N6/c1-9(2)7-8-18(6)12-15-10(13-3)14-11(16-12)17(4)5/h9H,7-8H2,1-6H3,(H,13,14,15,16). The van der Waals surface area contributed by atoms with Crippen molar-refractivity contribution >= 4 is 17.8 Å². The van der Waals surface area contributed by atoms with Crippen LogP contribution in [0.15, 0.2) is 0 Å². The van der Waals surface area contributed by atoms with Gasteiger partial charge in [-0.25, -0.2) is 0 Å². The average Bonchev–Trinajstić information content (AvgIpc) is 2.35. The lowest BCUT2D eigenvalue weighted by atomic mass is 10.1. The molecule has 1 N–H and O–H groups in total. The largest absolute Gasteiger partial charge is 0.357 e. The van der Waals surface area contributed by atoms with E-state index < -0.39 is 0 Å². The van der Waals surface area contributed by atoms with Gasteiger partial charge in [-0.3, -0.25) is 0 Å². The Hall–Kier alpha value is -1.59. The second-order valence-electron chi connectivity index (χ2n) is 5.01. The number of hydrogen-bond donors (Lipinski definition) is 1. The predicted molar refractivity (Wildman–Crippen MR) is 76.4 cm³/mol. The number of rotatable bonds is 6. The quantitative estimate of drug-likeness (QED) is 0.827. The third-order valence-electron chi connectivity index (χ3n) is 2.62. The molecule has 1 heterocycles. The van der Waals surface area contributed by atoms with E-state index in [1.54, 1.807) is 0 Å². The van der Waals surface area contributed by atoms with Gasteiger partial charge in [0.05, 0.1) is 0 Å². The van der Waals surface area contributed by atoms with Crippen molar-refractivity contribution in [3.8, 4) is 0 Å². The summed E-state index contributed by atoms with van der Waals surface area (Å²) < 4.78 is 0. The molecule has 6 nitrogen and oxygen atoms in total. The van der Waals surface area contributed by atoms with Crippen molar-refractivity contribution in [3.05, 3.63) is 0 Å². The summed E-state index contributed by atoms with van der Waals surface area (Å²) in [5.74, 6) is 2.64. The normalized spacial score (nSPS) is 10.6. The van der Waals surface area contributed by atoms with E-state index in [2.05, 4.69) is 39.0 Å². The summed E-state index contributed by atoms with van der Waals surface area (Å²) in [6.45, 7) is 5.37. The molecule has 102 valence electrons. The SMILES string of the molecule is CNc1nc(N(C)C)nc(N(C)CCC(C)C)n1. The second kappa shape index (κ2) is 6.37. The Bertz CT molecular complexity index is 377. The zero-order valence-corrected chi connectivity index (χ0v) is 12.2. The van der Waals surface area contributed by atoms with Crippen LogP contribution in [0.3, 0.4) is 0 Å². The lowest BCUT2D eigenvalue weighted by molar-refractivity contribution is 0.581. The molecule has 1 rings (SSSR count). The van der Waals surface area contributed by atoms with E-state index in [0.717, 1.165) is 13.0 Å². The molecule has 0 fully saturated rings. The topological polar surface area (TPSA) is 57.2 Å². The van der Waals surface area contributed by atoms with Crippen molar-refractivity contribution in [2.45, 2.75) is 20.3 Å². The summed E-state index contributed by atoms with van der Waals surface area (Å²) >= 11 is 0. The van der Waals surface area contributed by atoms with E-state index in [4.69, 9.17) is 0 Å². The van der Waals surface area contributed by atoms with E-state index in [0.29, 0.717) is 23.8 Å². The molecule has 0 radical (unpaired) electrons. The van der Waals surface area contributed by atoms with E-state index in [1.807, 2.05) is 33.1 Å². The summed E-state index contributed by atoms with van der Waals surface area (Å²) in [5.41, 5.74) is 0. The molecule has 0 saturated carbocycles. The first-order valence-corrected chi connectivity index (χ1v) is 6.26. The van der Waals surface area contributed by atoms with E-state index in [-0.39, 0.29) is 0 Å². The third-order valence-corrected chi connectivity index (χ3v) is 2.62. The Kier molecular flexibility index (Phi) is 5.12. The van der Waals surface area contributed by atoms with Gasteiger partial charge in [-0.1, -0.05) is 13.8 Å². The maximum atomic E-state index is 4.45. The Labute approximate surface area is 109 Å². The highest BCUT2D eigenvalue weighted by molar-refractivity contribution is 5.43. The van der Waals surface area contributed by atoms with Crippen LogP contribution in [-0.4, -0.2) is 49.7 Å². The van der Waals surface area contributed by atoms with Gasteiger partial charge in [-0.05, 0) is 12.3 Å². The molecule has 0 atom stereocenters. The summed E-state index contributed by atoms with van der Waals surface area (Å²) in [6.07, 6.45) is 1.12. The zero-order chi connectivity index (χ0) is 13.7. The lowest BCUT2D eigenvalue weighted by Crippen LogP contribution is -2.24. The minimum Gasteiger partial charge on any atom is -0.357 e. The fourth-order valence-corrected chi connectivity index (χ4v) is 1.39. The maximum absolute atomic E-state index is 4.45. The molecule has 0 aliphatic carbocycles. The van der Waals surface area contributed by atoms with Gasteiger partial charge in [0.15, 0.2) is 0 Å². The molecule has 6 heteroatoms. The minimum atomic E-state index is 0.597. The van der Waals surface area contributed by atoms with Gasteiger partial charge in [0, 0.05) is 34.7 Å².